The normalized spacial score (nSPS) is 10.9. The molecule has 5 nitrogen and oxygen atoms in total. The molecule has 4 aromatic rings. The zero-order valence-corrected chi connectivity index (χ0v) is 13.9. The lowest BCUT2D eigenvalue weighted by Gasteiger charge is -2.07. The van der Waals surface area contributed by atoms with Crippen molar-refractivity contribution in [1.29, 1.82) is 0 Å². The number of aromatic nitrogens is 1. The first-order valence-electron chi connectivity index (χ1n) is 8.36. The summed E-state index contributed by atoms with van der Waals surface area (Å²) in [7, 11) is 0. The molecule has 0 aliphatic carbocycles. The van der Waals surface area contributed by atoms with Crippen LogP contribution in [-0.2, 0) is 6.42 Å². The smallest absolute Gasteiger partial charge is 0.287 e. The largest absolute Gasteiger partial charge is 0.451 e. The monoisotopic (exact) mass is 344 g/mol. The van der Waals surface area contributed by atoms with Crippen molar-refractivity contribution in [3.8, 4) is 0 Å². The molecule has 0 unspecified atom stereocenters. The summed E-state index contributed by atoms with van der Waals surface area (Å²) in [5.41, 5.74) is 2.17. The molecule has 0 spiro atoms. The second kappa shape index (κ2) is 6.80. The van der Waals surface area contributed by atoms with Crippen molar-refractivity contribution in [3.05, 3.63) is 88.4 Å². The number of carbonyl (C=O) groups excluding carboxylic acids is 1. The van der Waals surface area contributed by atoms with Crippen LogP contribution >= 0.6 is 0 Å². The number of amides is 1. The van der Waals surface area contributed by atoms with Gasteiger partial charge in [-0.05, 0) is 30.2 Å². The van der Waals surface area contributed by atoms with E-state index in [0.717, 1.165) is 16.5 Å². The van der Waals surface area contributed by atoms with E-state index in [1.54, 1.807) is 30.5 Å². The van der Waals surface area contributed by atoms with Crippen LogP contribution in [0.3, 0.4) is 0 Å². The van der Waals surface area contributed by atoms with Gasteiger partial charge in [0.05, 0.1) is 10.9 Å². The molecule has 0 radical (unpaired) electrons. The van der Waals surface area contributed by atoms with Gasteiger partial charge in [-0.3, -0.25) is 14.6 Å². The molecule has 5 heteroatoms. The number of hydrogen-bond donors (Lipinski definition) is 1. The fourth-order valence-electron chi connectivity index (χ4n) is 2.98. The van der Waals surface area contributed by atoms with E-state index in [9.17, 15) is 9.59 Å². The van der Waals surface area contributed by atoms with Crippen LogP contribution < -0.4 is 10.7 Å². The molecule has 0 aliphatic heterocycles. The number of para-hydroxylation sites is 2. The SMILES string of the molecule is O=C(NCCc1cccc2cccnc12)c1cc(=O)c2ccccc2o1. The molecule has 0 fully saturated rings. The van der Waals surface area contributed by atoms with Crippen molar-refractivity contribution in [2.45, 2.75) is 6.42 Å². The van der Waals surface area contributed by atoms with Gasteiger partial charge in [0, 0.05) is 24.2 Å². The minimum atomic E-state index is -0.402. The maximum atomic E-state index is 12.3. The summed E-state index contributed by atoms with van der Waals surface area (Å²) < 4.78 is 5.55. The van der Waals surface area contributed by atoms with Crippen molar-refractivity contribution in [3.63, 3.8) is 0 Å². The molecule has 2 heterocycles. The highest BCUT2D eigenvalue weighted by Gasteiger charge is 2.12. The van der Waals surface area contributed by atoms with Crippen LogP contribution in [0.25, 0.3) is 21.9 Å². The third-order valence-corrected chi connectivity index (χ3v) is 4.25. The highest BCUT2D eigenvalue weighted by atomic mass is 16.3. The number of nitrogens with zero attached hydrogens (tertiary/aromatic N) is 1. The Bertz CT molecular complexity index is 1160. The molecule has 2 aromatic heterocycles. The molecule has 0 saturated carbocycles. The Morgan fingerprint density at radius 3 is 2.81 bits per heavy atom. The minimum absolute atomic E-state index is 0.0183. The molecular formula is C21H16N2O3. The number of pyridine rings is 1. The maximum Gasteiger partial charge on any atom is 0.287 e. The molecule has 0 aliphatic rings. The van der Waals surface area contributed by atoms with Crippen molar-refractivity contribution in [2.75, 3.05) is 6.54 Å². The quantitative estimate of drug-likeness (QED) is 0.616. The third-order valence-electron chi connectivity index (χ3n) is 4.25. The van der Waals surface area contributed by atoms with Gasteiger partial charge in [0.25, 0.3) is 5.91 Å². The molecule has 128 valence electrons. The number of hydrogen-bond acceptors (Lipinski definition) is 4. The Balaban J connectivity index is 1.50. The Kier molecular flexibility index (Phi) is 4.19. The van der Waals surface area contributed by atoms with E-state index in [4.69, 9.17) is 4.42 Å². The topological polar surface area (TPSA) is 72.2 Å². The van der Waals surface area contributed by atoms with Gasteiger partial charge in [-0.15, -0.1) is 0 Å². The number of fused-ring (bicyclic) bond motifs is 2. The Labute approximate surface area is 149 Å². The highest BCUT2D eigenvalue weighted by molar-refractivity contribution is 5.93. The van der Waals surface area contributed by atoms with Crippen LogP contribution in [0.2, 0.25) is 0 Å². The van der Waals surface area contributed by atoms with Crippen LogP contribution in [0.4, 0.5) is 0 Å². The predicted molar refractivity (Wildman–Crippen MR) is 100 cm³/mol. The van der Waals surface area contributed by atoms with E-state index in [1.807, 2.05) is 30.3 Å². The average Bonchev–Trinajstić information content (AvgIpc) is 2.68. The number of rotatable bonds is 4. The molecule has 1 amide bonds. The van der Waals surface area contributed by atoms with Gasteiger partial charge in [0.2, 0.25) is 0 Å². The zero-order chi connectivity index (χ0) is 17.9. The Morgan fingerprint density at radius 2 is 1.88 bits per heavy atom. The van der Waals surface area contributed by atoms with Gasteiger partial charge in [-0.25, -0.2) is 0 Å². The van der Waals surface area contributed by atoms with Crippen LogP contribution in [0.5, 0.6) is 0 Å². The molecule has 0 atom stereocenters. The summed E-state index contributed by atoms with van der Waals surface area (Å²) in [6.07, 6.45) is 2.39. The van der Waals surface area contributed by atoms with E-state index in [0.29, 0.717) is 23.9 Å². The fourth-order valence-corrected chi connectivity index (χ4v) is 2.98. The van der Waals surface area contributed by atoms with Crippen molar-refractivity contribution < 1.29 is 9.21 Å². The van der Waals surface area contributed by atoms with E-state index in [1.165, 1.54) is 6.07 Å². The molecular weight excluding hydrogens is 328 g/mol. The first kappa shape index (κ1) is 16.0. The van der Waals surface area contributed by atoms with Crippen LogP contribution in [0.1, 0.15) is 16.1 Å². The van der Waals surface area contributed by atoms with E-state index < -0.39 is 5.91 Å². The van der Waals surface area contributed by atoms with Crippen LogP contribution in [0.15, 0.2) is 76.1 Å². The standard InChI is InChI=1S/C21H16N2O3/c24-17-13-19(26-18-9-2-1-8-16(17)18)21(25)23-12-10-15-6-3-5-14-7-4-11-22-20(14)15/h1-9,11,13H,10,12H2,(H,23,25). The number of benzene rings is 2. The van der Waals surface area contributed by atoms with E-state index in [2.05, 4.69) is 10.3 Å². The van der Waals surface area contributed by atoms with Gasteiger partial charge in [0.1, 0.15) is 5.58 Å². The fraction of sp³-hybridized carbons (Fsp3) is 0.0952. The van der Waals surface area contributed by atoms with E-state index >= 15 is 0 Å². The molecule has 2 aromatic carbocycles. The lowest BCUT2D eigenvalue weighted by molar-refractivity contribution is 0.0927. The Morgan fingerprint density at radius 1 is 1.04 bits per heavy atom. The second-order valence-electron chi connectivity index (χ2n) is 5.97. The van der Waals surface area contributed by atoms with Crippen LogP contribution in [-0.4, -0.2) is 17.4 Å². The molecule has 0 bridgehead atoms. The lowest BCUT2D eigenvalue weighted by atomic mass is 10.1. The van der Waals surface area contributed by atoms with Crippen molar-refractivity contribution >= 4 is 27.8 Å². The van der Waals surface area contributed by atoms with Crippen molar-refractivity contribution in [2.24, 2.45) is 0 Å². The number of carbonyl (C=O) groups is 1. The summed E-state index contributed by atoms with van der Waals surface area (Å²) in [5.74, 6) is -0.384. The Hall–Kier alpha value is -3.47. The first-order valence-corrected chi connectivity index (χ1v) is 8.36. The summed E-state index contributed by atoms with van der Waals surface area (Å²) in [6.45, 7) is 0.422. The second-order valence-corrected chi connectivity index (χ2v) is 5.97. The van der Waals surface area contributed by atoms with Gasteiger partial charge < -0.3 is 9.73 Å². The molecule has 4 rings (SSSR count). The third kappa shape index (κ3) is 3.07. The number of nitrogens with one attached hydrogen (secondary N) is 1. The van der Waals surface area contributed by atoms with Crippen LogP contribution in [0, 0.1) is 0 Å². The molecule has 26 heavy (non-hydrogen) atoms. The lowest BCUT2D eigenvalue weighted by Crippen LogP contribution is -2.26. The van der Waals surface area contributed by atoms with Gasteiger partial charge in [-0.2, -0.15) is 0 Å². The minimum Gasteiger partial charge on any atom is -0.451 e. The first-order chi connectivity index (χ1) is 12.7. The van der Waals surface area contributed by atoms with E-state index in [-0.39, 0.29) is 11.2 Å². The summed E-state index contributed by atoms with van der Waals surface area (Å²) in [4.78, 5) is 28.8. The van der Waals surface area contributed by atoms with Crippen molar-refractivity contribution in [1.82, 2.24) is 10.3 Å². The maximum absolute atomic E-state index is 12.3. The predicted octanol–water partition coefficient (Wildman–Crippen LogP) is 3.31. The summed E-state index contributed by atoms with van der Waals surface area (Å²) >= 11 is 0. The summed E-state index contributed by atoms with van der Waals surface area (Å²) in [5, 5.41) is 4.34. The molecule has 1 N–H and O–H groups in total. The molecule has 0 saturated heterocycles. The summed E-state index contributed by atoms with van der Waals surface area (Å²) in [6, 6.07) is 18.0. The average molecular weight is 344 g/mol. The van der Waals surface area contributed by atoms with Gasteiger partial charge >= 0.3 is 0 Å². The zero-order valence-electron chi connectivity index (χ0n) is 13.9. The van der Waals surface area contributed by atoms with Gasteiger partial charge in [0.15, 0.2) is 11.2 Å². The van der Waals surface area contributed by atoms with Gasteiger partial charge in [-0.1, -0.05) is 36.4 Å². The highest BCUT2D eigenvalue weighted by Crippen LogP contribution is 2.16.